The van der Waals surface area contributed by atoms with E-state index in [-0.39, 0.29) is 11.9 Å². The van der Waals surface area contributed by atoms with Crippen molar-refractivity contribution in [2.45, 2.75) is 19.9 Å². The molecule has 29 heavy (non-hydrogen) atoms. The van der Waals surface area contributed by atoms with Crippen LogP contribution in [-0.2, 0) is 9.53 Å². The fourth-order valence-corrected chi connectivity index (χ4v) is 4.30. The van der Waals surface area contributed by atoms with Gasteiger partial charge in [0.25, 0.3) is 0 Å². The van der Waals surface area contributed by atoms with Crippen LogP contribution in [0.4, 0.5) is 0 Å². The van der Waals surface area contributed by atoms with Crippen LogP contribution in [0.1, 0.15) is 19.9 Å². The van der Waals surface area contributed by atoms with Gasteiger partial charge >= 0.3 is 5.97 Å². The fraction of sp³-hybridized carbons (Fsp3) is 0.208. The Hall–Kier alpha value is -3.47. The number of esters is 1. The van der Waals surface area contributed by atoms with Crippen LogP contribution in [0.5, 0.6) is 0 Å². The minimum atomic E-state index is -0.499. The zero-order valence-corrected chi connectivity index (χ0v) is 16.6. The van der Waals surface area contributed by atoms with Gasteiger partial charge in [-0.3, -0.25) is 0 Å². The summed E-state index contributed by atoms with van der Waals surface area (Å²) in [6, 6.07) is 18.7. The van der Waals surface area contributed by atoms with Gasteiger partial charge in [0.05, 0.1) is 13.3 Å². The van der Waals surface area contributed by atoms with Crippen molar-refractivity contribution in [2.75, 3.05) is 7.11 Å². The number of hydrogen-bond donors (Lipinski definition) is 0. The maximum Gasteiger partial charge on any atom is 0.330 e. The summed E-state index contributed by atoms with van der Waals surface area (Å²) in [5, 5.41) is 16.0. The highest BCUT2D eigenvalue weighted by atomic mass is 16.5. The lowest BCUT2D eigenvalue weighted by Gasteiger charge is -2.17. The van der Waals surface area contributed by atoms with Gasteiger partial charge in [0, 0.05) is 5.56 Å². The van der Waals surface area contributed by atoms with Crippen molar-refractivity contribution in [1.29, 1.82) is 0 Å². The number of carbonyl (C=O) groups is 1. The standard InChI is InChI=1S/C24H21N3O2/c1-14(2)23(24(28)29-3)27-13-20(25-26-27)18-11-9-17-8-7-15-5-4-6-16-10-12-19(18)22(17)21(15)16/h4-14,23H,1-3H3/t23-/m0/s1. The molecule has 0 aliphatic heterocycles. The van der Waals surface area contributed by atoms with Gasteiger partial charge in [0.1, 0.15) is 5.69 Å². The number of aromatic nitrogens is 3. The second kappa shape index (κ2) is 6.55. The molecule has 0 N–H and O–H groups in total. The minimum Gasteiger partial charge on any atom is -0.467 e. The summed E-state index contributed by atoms with van der Waals surface area (Å²) in [7, 11) is 1.40. The summed E-state index contributed by atoms with van der Waals surface area (Å²) in [5.74, 6) is -0.273. The van der Waals surface area contributed by atoms with Crippen LogP contribution in [0.15, 0.2) is 60.8 Å². The van der Waals surface area contributed by atoms with Gasteiger partial charge in [-0.2, -0.15) is 0 Å². The smallest absolute Gasteiger partial charge is 0.330 e. The van der Waals surface area contributed by atoms with Crippen molar-refractivity contribution >= 4 is 38.3 Å². The highest BCUT2D eigenvalue weighted by Gasteiger charge is 2.27. The molecule has 4 aromatic carbocycles. The van der Waals surface area contributed by atoms with E-state index in [9.17, 15) is 4.79 Å². The number of hydrogen-bond acceptors (Lipinski definition) is 4. The van der Waals surface area contributed by atoms with Gasteiger partial charge in [0.2, 0.25) is 0 Å². The van der Waals surface area contributed by atoms with Gasteiger partial charge in [-0.1, -0.05) is 73.7 Å². The van der Waals surface area contributed by atoms with Crippen LogP contribution in [0.3, 0.4) is 0 Å². The van der Waals surface area contributed by atoms with Crippen molar-refractivity contribution in [3.63, 3.8) is 0 Å². The molecular weight excluding hydrogens is 362 g/mol. The molecule has 5 heteroatoms. The Morgan fingerprint density at radius 1 is 0.931 bits per heavy atom. The first-order valence-corrected chi connectivity index (χ1v) is 9.75. The lowest BCUT2D eigenvalue weighted by molar-refractivity contribution is -0.146. The number of methoxy groups -OCH3 is 1. The predicted molar refractivity (Wildman–Crippen MR) is 115 cm³/mol. The molecule has 144 valence electrons. The van der Waals surface area contributed by atoms with E-state index < -0.39 is 6.04 Å². The summed E-state index contributed by atoms with van der Waals surface area (Å²) >= 11 is 0. The third-order valence-electron chi connectivity index (χ3n) is 5.67. The Kier molecular flexibility index (Phi) is 3.98. The molecule has 0 saturated heterocycles. The van der Waals surface area contributed by atoms with Crippen LogP contribution < -0.4 is 0 Å². The zero-order valence-electron chi connectivity index (χ0n) is 16.6. The van der Waals surface area contributed by atoms with E-state index in [0.29, 0.717) is 0 Å². The average Bonchev–Trinajstić information content (AvgIpc) is 3.20. The SMILES string of the molecule is COC(=O)[C@H](C(C)C)n1cc(-c2ccc3ccc4cccc5ccc2c3c45)nn1. The maximum atomic E-state index is 12.2. The number of nitrogens with zero attached hydrogens (tertiary/aromatic N) is 3. The molecule has 5 nitrogen and oxygen atoms in total. The molecule has 0 saturated carbocycles. The number of rotatable bonds is 4. The van der Waals surface area contributed by atoms with Crippen LogP contribution in [0.25, 0.3) is 43.6 Å². The summed E-state index contributed by atoms with van der Waals surface area (Å²) < 4.78 is 6.58. The topological polar surface area (TPSA) is 57.0 Å². The molecular formula is C24H21N3O2. The molecule has 0 bridgehead atoms. The van der Waals surface area contributed by atoms with Gasteiger partial charge in [0.15, 0.2) is 6.04 Å². The molecule has 1 atom stereocenters. The van der Waals surface area contributed by atoms with Crippen LogP contribution in [0.2, 0.25) is 0 Å². The molecule has 0 unspecified atom stereocenters. The summed E-state index contributed by atoms with van der Waals surface area (Å²) in [6.45, 7) is 3.94. The monoisotopic (exact) mass is 383 g/mol. The molecule has 5 aromatic rings. The lowest BCUT2D eigenvalue weighted by atomic mass is 9.91. The lowest BCUT2D eigenvalue weighted by Crippen LogP contribution is -2.26. The molecule has 0 amide bonds. The van der Waals surface area contributed by atoms with Crippen LogP contribution in [0, 0.1) is 5.92 Å². The van der Waals surface area contributed by atoms with Crippen molar-refractivity contribution in [2.24, 2.45) is 5.92 Å². The first-order chi connectivity index (χ1) is 14.1. The third kappa shape index (κ3) is 2.65. The largest absolute Gasteiger partial charge is 0.467 e. The molecule has 0 spiro atoms. The molecule has 0 radical (unpaired) electrons. The first kappa shape index (κ1) is 17.6. The maximum absolute atomic E-state index is 12.2. The number of carbonyl (C=O) groups excluding carboxylic acids is 1. The Labute approximate surface area is 168 Å². The normalized spacial score (nSPS) is 13.0. The second-order valence-electron chi connectivity index (χ2n) is 7.76. The van der Waals surface area contributed by atoms with E-state index >= 15 is 0 Å². The highest BCUT2D eigenvalue weighted by Crippen LogP contribution is 2.38. The van der Waals surface area contributed by atoms with E-state index in [1.54, 1.807) is 4.68 Å². The molecule has 0 aliphatic rings. The number of benzene rings is 4. The van der Waals surface area contributed by atoms with E-state index in [1.165, 1.54) is 34.0 Å². The predicted octanol–water partition coefficient (Wildman–Crippen LogP) is 5.21. The summed E-state index contributed by atoms with van der Waals surface area (Å²) in [5.41, 5.74) is 1.76. The van der Waals surface area contributed by atoms with Crippen LogP contribution >= 0.6 is 0 Å². The third-order valence-corrected chi connectivity index (χ3v) is 5.67. The Bertz CT molecular complexity index is 1340. The Morgan fingerprint density at radius 3 is 2.28 bits per heavy atom. The quantitative estimate of drug-likeness (QED) is 0.316. The summed E-state index contributed by atoms with van der Waals surface area (Å²) in [6.07, 6.45) is 1.84. The zero-order chi connectivity index (χ0) is 20.1. The van der Waals surface area contributed by atoms with E-state index in [1.807, 2.05) is 20.0 Å². The number of ether oxygens (including phenoxy) is 1. The molecule has 0 fully saturated rings. The van der Waals surface area contributed by atoms with E-state index in [2.05, 4.69) is 64.9 Å². The first-order valence-electron chi connectivity index (χ1n) is 9.75. The van der Waals surface area contributed by atoms with Gasteiger partial charge < -0.3 is 4.74 Å². The molecule has 0 aliphatic carbocycles. The average molecular weight is 383 g/mol. The second-order valence-corrected chi connectivity index (χ2v) is 7.76. The summed E-state index contributed by atoms with van der Waals surface area (Å²) in [4.78, 5) is 12.2. The van der Waals surface area contributed by atoms with Crippen molar-refractivity contribution in [3.8, 4) is 11.3 Å². The Balaban J connectivity index is 1.72. The van der Waals surface area contributed by atoms with Crippen molar-refractivity contribution in [3.05, 3.63) is 60.8 Å². The molecule has 5 rings (SSSR count). The Morgan fingerprint density at radius 2 is 1.59 bits per heavy atom. The minimum absolute atomic E-state index is 0.0401. The fourth-order valence-electron chi connectivity index (χ4n) is 4.30. The molecule has 1 aromatic heterocycles. The van der Waals surface area contributed by atoms with Gasteiger partial charge in [-0.05, 0) is 38.2 Å². The highest BCUT2D eigenvalue weighted by molar-refractivity contribution is 6.25. The molecule has 1 heterocycles. The van der Waals surface area contributed by atoms with Crippen molar-refractivity contribution in [1.82, 2.24) is 15.0 Å². The van der Waals surface area contributed by atoms with Crippen LogP contribution in [-0.4, -0.2) is 28.1 Å². The van der Waals surface area contributed by atoms with Gasteiger partial charge in [-0.25, -0.2) is 9.48 Å². The van der Waals surface area contributed by atoms with E-state index in [0.717, 1.165) is 16.6 Å². The van der Waals surface area contributed by atoms with Crippen molar-refractivity contribution < 1.29 is 9.53 Å². The van der Waals surface area contributed by atoms with E-state index in [4.69, 9.17) is 4.74 Å². The van der Waals surface area contributed by atoms with Gasteiger partial charge in [-0.15, -0.1) is 5.10 Å².